The van der Waals surface area contributed by atoms with E-state index in [0.717, 1.165) is 11.3 Å². The van der Waals surface area contributed by atoms with Gasteiger partial charge in [-0.3, -0.25) is 9.59 Å². The Hall–Kier alpha value is -4.39. The molecule has 0 saturated carbocycles. The molecule has 0 aromatic heterocycles. The first-order valence-electron chi connectivity index (χ1n) is 12.6. The van der Waals surface area contributed by atoms with Crippen LogP contribution in [0.2, 0.25) is 0 Å². The molecule has 7 nitrogen and oxygen atoms in total. The van der Waals surface area contributed by atoms with Crippen molar-refractivity contribution < 1.29 is 28.6 Å². The number of hydrogen-bond donors (Lipinski definition) is 0. The van der Waals surface area contributed by atoms with E-state index in [0.29, 0.717) is 28.2 Å². The van der Waals surface area contributed by atoms with Crippen LogP contribution in [-0.4, -0.2) is 50.4 Å². The van der Waals surface area contributed by atoms with E-state index >= 15 is 0 Å². The number of ketones is 2. The van der Waals surface area contributed by atoms with Gasteiger partial charge in [0.15, 0.2) is 23.1 Å². The quantitative estimate of drug-likeness (QED) is 0.364. The lowest BCUT2D eigenvalue weighted by atomic mass is 9.64. The normalized spacial score (nSPS) is 22.2. The van der Waals surface area contributed by atoms with Gasteiger partial charge in [0.05, 0.1) is 26.9 Å². The molecule has 0 amide bonds. The number of carbonyl (C=O) groups is 3. The van der Waals surface area contributed by atoms with Gasteiger partial charge in [0, 0.05) is 22.7 Å². The molecule has 0 unspecified atom stereocenters. The number of Topliss-reactive ketones (excluding diaryl/α,β-unsaturated/α-hetero) is 2. The number of ether oxygens (including phenoxy) is 3. The van der Waals surface area contributed by atoms with Crippen LogP contribution < -0.4 is 14.4 Å². The highest BCUT2D eigenvalue weighted by atomic mass is 16.5. The van der Waals surface area contributed by atoms with Crippen LogP contribution >= 0.6 is 0 Å². The summed E-state index contributed by atoms with van der Waals surface area (Å²) in [5, 5.41) is 0. The summed E-state index contributed by atoms with van der Waals surface area (Å²) in [6, 6.07) is 18.2. The van der Waals surface area contributed by atoms with Crippen LogP contribution in [0.3, 0.4) is 0 Å². The number of esters is 1. The fourth-order valence-corrected chi connectivity index (χ4v) is 6.54. The molecule has 0 N–H and O–H groups in total. The number of fused-ring (bicyclic) bond motifs is 5. The Bertz CT molecular complexity index is 1470. The van der Waals surface area contributed by atoms with Gasteiger partial charge >= 0.3 is 5.97 Å². The maximum absolute atomic E-state index is 14.5. The third-order valence-electron chi connectivity index (χ3n) is 8.01. The van der Waals surface area contributed by atoms with Gasteiger partial charge in [0.25, 0.3) is 0 Å². The standard InChI is InChI=1S/C31H27NO6/c1-4-38-30(35)27-26(19-13-15-23(36-2)24(17-19)37-3)31(28(33)20-10-6-7-11-21(20)29(31)34)25-16-14-18-9-5-8-12-22(18)32(25)27/h5-17,25-27H,4H2,1-3H3/t25-,26-,27+/m0/s1. The number of carbonyl (C=O) groups excluding carboxylic acids is 3. The van der Waals surface area contributed by atoms with Crippen molar-refractivity contribution in [3.05, 3.63) is 95.1 Å². The number of methoxy groups -OCH3 is 2. The van der Waals surface area contributed by atoms with E-state index in [-0.39, 0.29) is 18.2 Å². The summed E-state index contributed by atoms with van der Waals surface area (Å²) in [7, 11) is 3.07. The number of benzene rings is 3. The minimum absolute atomic E-state index is 0.166. The maximum Gasteiger partial charge on any atom is 0.329 e. The van der Waals surface area contributed by atoms with Gasteiger partial charge in [0.2, 0.25) is 0 Å². The second-order valence-electron chi connectivity index (χ2n) is 9.63. The van der Waals surface area contributed by atoms with Crippen molar-refractivity contribution in [2.75, 3.05) is 25.7 Å². The van der Waals surface area contributed by atoms with Crippen molar-refractivity contribution in [1.82, 2.24) is 0 Å². The second-order valence-corrected chi connectivity index (χ2v) is 9.63. The molecular formula is C31H27NO6. The summed E-state index contributed by atoms with van der Waals surface area (Å²) < 4.78 is 16.6. The lowest BCUT2D eigenvalue weighted by Crippen LogP contribution is -2.48. The molecule has 0 radical (unpaired) electrons. The lowest BCUT2D eigenvalue weighted by Gasteiger charge is -2.36. The molecule has 6 rings (SSSR count). The van der Waals surface area contributed by atoms with Gasteiger partial charge in [-0.05, 0) is 36.2 Å². The van der Waals surface area contributed by atoms with Gasteiger partial charge in [-0.2, -0.15) is 0 Å². The Morgan fingerprint density at radius 3 is 2.21 bits per heavy atom. The summed E-state index contributed by atoms with van der Waals surface area (Å²) in [4.78, 5) is 44.7. The summed E-state index contributed by atoms with van der Waals surface area (Å²) in [5.41, 5.74) is 1.47. The zero-order chi connectivity index (χ0) is 26.6. The summed E-state index contributed by atoms with van der Waals surface area (Å²) in [6.07, 6.45) is 3.82. The van der Waals surface area contributed by atoms with E-state index in [1.807, 2.05) is 41.3 Å². The SMILES string of the molecule is CCOC(=O)[C@H]1[C@H](c2ccc(OC)c(OC)c2)C2(C(=O)c3ccccc3C2=O)[C@@H]2C=Cc3ccccc3N21. The average molecular weight is 510 g/mol. The minimum atomic E-state index is -1.58. The van der Waals surface area contributed by atoms with Gasteiger partial charge in [0.1, 0.15) is 11.5 Å². The van der Waals surface area contributed by atoms with Crippen LogP contribution in [0.15, 0.2) is 72.8 Å². The molecule has 2 heterocycles. The predicted molar refractivity (Wildman–Crippen MR) is 142 cm³/mol. The number of nitrogens with zero attached hydrogens (tertiary/aromatic N) is 1. The molecule has 7 heteroatoms. The zero-order valence-electron chi connectivity index (χ0n) is 21.3. The smallest absolute Gasteiger partial charge is 0.329 e. The van der Waals surface area contributed by atoms with Gasteiger partial charge in [-0.15, -0.1) is 0 Å². The highest BCUT2D eigenvalue weighted by molar-refractivity contribution is 6.32. The monoisotopic (exact) mass is 509 g/mol. The molecule has 3 aromatic rings. The van der Waals surface area contributed by atoms with Crippen molar-refractivity contribution in [2.45, 2.75) is 24.9 Å². The molecule has 1 spiro atoms. The molecule has 0 bridgehead atoms. The van der Waals surface area contributed by atoms with E-state index in [2.05, 4.69) is 0 Å². The van der Waals surface area contributed by atoms with E-state index in [9.17, 15) is 14.4 Å². The Labute approximate surface area is 220 Å². The highest BCUT2D eigenvalue weighted by Crippen LogP contribution is 2.61. The van der Waals surface area contributed by atoms with Crippen LogP contribution in [0, 0.1) is 5.41 Å². The van der Waals surface area contributed by atoms with Crippen LogP contribution in [0.1, 0.15) is 44.7 Å². The van der Waals surface area contributed by atoms with Crippen LogP contribution in [0.25, 0.3) is 6.08 Å². The van der Waals surface area contributed by atoms with Gasteiger partial charge in [-0.1, -0.05) is 60.7 Å². The molecule has 1 fully saturated rings. The van der Waals surface area contributed by atoms with Crippen molar-refractivity contribution in [3.8, 4) is 11.5 Å². The first-order valence-corrected chi connectivity index (χ1v) is 12.6. The summed E-state index contributed by atoms with van der Waals surface area (Å²) in [6.45, 7) is 1.91. The van der Waals surface area contributed by atoms with E-state index in [1.165, 1.54) is 7.11 Å². The summed E-state index contributed by atoms with van der Waals surface area (Å²) in [5.74, 6) is -0.969. The highest BCUT2D eigenvalue weighted by Gasteiger charge is 2.72. The zero-order valence-corrected chi connectivity index (χ0v) is 21.3. The van der Waals surface area contributed by atoms with Gasteiger partial charge in [-0.25, -0.2) is 4.79 Å². The molecule has 1 aliphatic carbocycles. The van der Waals surface area contributed by atoms with Crippen molar-refractivity contribution >= 4 is 29.3 Å². The Balaban J connectivity index is 1.68. The number of para-hydroxylation sites is 1. The predicted octanol–water partition coefficient (Wildman–Crippen LogP) is 4.70. The molecule has 38 heavy (non-hydrogen) atoms. The van der Waals surface area contributed by atoms with Crippen LogP contribution in [0.4, 0.5) is 5.69 Å². The third kappa shape index (κ3) is 3.05. The first kappa shape index (κ1) is 24.0. The number of rotatable bonds is 5. The van der Waals surface area contributed by atoms with Crippen LogP contribution in [-0.2, 0) is 9.53 Å². The molecule has 192 valence electrons. The van der Waals surface area contributed by atoms with E-state index in [4.69, 9.17) is 14.2 Å². The van der Waals surface area contributed by atoms with Gasteiger partial charge < -0.3 is 19.1 Å². The molecular weight excluding hydrogens is 482 g/mol. The van der Waals surface area contributed by atoms with Crippen molar-refractivity contribution in [1.29, 1.82) is 0 Å². The van der Waals surface area contributed by atoms with Crippen molar-refractivity contribution in [2.24, 2.45) is 5.41 Å². The largest absolute Gasteiger partial charge is 0.493 e. The fourth-order valence-electron chi connectivity index (χ4n) is 6.54. The lowest BCUT2D eigenvalue weighted by molar-refractivity contribution is -0.145. The van der Waals surface area contributed by atoms with E-state index in [1.54, 1.807) is 56.5 Å². The van der Waals surface area contributed by atoms with Crippen LogP contribution in [0.5, 0.6) is 11.5 Å². The van der Waals surface area contributed by atoms with E-state index < -0.39 is 29.4 Å². The number of anilines is 1. The first-order chi connectivity index (χ1) is 18.5. The third-order valence-corrected chi connectivity index (χ3v) is 8.01. The fraction of sp³-hybridized carbons (Fsp3) is 0.258. The molecule has 3 atom stereocenters. The second kappa shape index (κ2) is 8.87. The minimum Gasteiger partial charge on any atom is -0.493 e. The average Bonchev–Trinajstić information content (AvgIpc) is 3.39. The number of hydrogen-bond acceptors (Lipinski definition) is 7. The Morgan fingerprint density at radius 2 is 1.55 bits per heavy atom. The summed E-state index contributed by atoms with van der Waals surface area (Å²) >= 11 is 0. The molecule has 3 aliphatic rings. The molecule has 2 aliphatic heterocycles. The Kier molecular flexibility index (Phi) is 5.60. The van der Waals surface area contributed by atoms with Crippen molar-refractivity contribution in [3.63, 3.8) is 0 Å². The molecule has 3 aromatic carbocycles. The molecule has 1 saturated heterocycles. The maximum atomic E-state index is 14.5. The topological polar surface area (TPSA) is 82.1 Å². The Morgan fingerprint density at radius 1 is 0.895 bits per heavy atom.